The van der Waals surface area contributed by atoms with Gasteiger partial charge in [0.1, 0.15) is 0 Å². The van der Waals surface area contributed by atoms with Gasteiger partial charge in [0.25, 0.3) is 0 Å². The standard InChI is InChI=1S/C23H27N3O3S2/c1-16-9-10-17(2)21-20(16)24-23(30-21)26(15-18-7-5-4-6-8-18)22(27)19-11-13-25(14-12-19)31(3,28)29/h4-10,19H,11-15H2,1-3H3. The van der Waals surface area contributed by atoms with Crippen molar-refractivity contribution < 1.29 is 13.2 Å². The molecule has 1 aliphatic heterocycles. The van der Waals surface area contributed by atoms with E-state index in [1.54, 1.807) is 16.2 Å². The second-order valence-electron chi connectivity index (χ2n) is 8.22. The molecule has 0 unspecified atom stereocenters. The second-order valence-corrected chi connectivity index (χ2v) is 11.2. The lowest BCUT2D eigenvalue weighted by Gasteiger charge is -2.32. The summed E-state index contributed by atoms with van der Waals surface area (Å²) in [5.41, 5.74) is 4.23. The third-order valence-corrected chi connectivity index (χ3v) is 8.40. The van der Waals surface area contributed by atoms with E-state index in [0.29, 0.717) is 37.6 Å². The minimum Gasteiger partial charge on any atom is -0.283 e. The first-order chi connectivity index (χ1) is 14.7. The molecule has 0 spiro atoms. The summed E-state index contributed by atoms with van der Waals surface area (Å²) in [4.78, 5) is 20.3. The van der Waals surface area contributed by atoms with Crippen molar-refractivity contribution in [3.63, 3.8) is 0 Å². The summed E-state index contributed by atoms with van der Waals surface area (Å²) in [5, 5.41) is 0.701. The normalized spacial score (nSPS) is 16.0. The first-order valence-corrected chi connectivity index (χ1v) is 13.1. The number of aryl methyl sites for hydroxylation is 2. The van der Waals surface area contributed by atoms with Crippen molar-refractivity contribution in [3.8, 4) is 0 Å². The number of carbonyl (C=O) groups is 1. The number of anilines is 1. The molecule has 1 amide bonds. The summed E-state index contributed by atoms with van der Waals surface area (Å²) < 4.78 is 26.3. The number of sulfonamides is 1. The van der Waals surface area contributed by atoms with Gasteiger partial charge in [0, 0.05) is 19.0 Å². The van der Waals surface area contributed by atoms with Crippen LogP contribution in [0.2, 0.25) is 0 Å². The Morgan fingerprint density at radius 1 is 1.10 bits per heavy atom. The minimum atomic E-state index is -3.22. The van der Waals surface area contributed by atoms with E-state index in [4.69, 9.17) is 4.98 Å². The molecule has 1 saturated heterocycles. The molecule has 6 nitrogen and oxygen atoms in total. The number of fused-ring (bicyclic) bond motifs is 1. The molecule has 1 aliphatic rings. The summed E-state index contributed by atoms with van der Waals surface area (Å²) in [6, 6.07) is 14.1. The Morgan fingerprint density at radius 2 is 1.74 bits per heavy atom. The Labute approximate surface area is 187 Å². The molecule has 31 heavy (non-hydrogen) atoms. The molecular formula is C23H27N3O3S2. The average molecular weight is 458 g/mol. The zero-order chi connectivity index (χ0) is 22.2. The maximum atomic E-state index is 13.6. The second kappa shape index (κ2) is 8.68. The molecule has 1 aromatic heterocycles. The number of rotatable bonds is 5. The molecule has 0 saturated carbocycles. The van der Waals surface area contributed by atoms with Crippen LogP contribution >= 0.6 is 11.3 Å². The lowest BCUT2D eigenvalue weighted by molar-refractivity contribution is -0.123. The number of piperidine rings is 1. The van der Waals surface area contributed by atoms with E-state index >= 15 is 0 Å². The van der Waals surface area contributed by atoms with Crippen molar-refractivity contribution in [2.24, 2.45) is 5.92 Å². The van der Waals surface area contributed by atoms with Crippen LogP contribution in [-0.4, -0.2) is 43.0 Å². The summed E-state index contributed by atoms with van der Waals surface area (Å²) in [6.45, 7) is 5.31. The maximum absolute atomic E-state index is 13.6. The van der Waals surface area contributed by atoms with Gasteiger partial charge in [0.05, 0.1) is 23.0 Å². The number of nitrogens with zero attached hydrogens (tertiary/aromatic N) is 3. The van der Waals surface area contributed by atoms with E-state index in [1.165, 1.54) is 10.6 Å². The first-order valence-electron chi connectivity index (χ1n) is 10.4. The number of hydrogen-bond donors (Lipinski definition) is 0. The van der Waals surface area contributed by atoms with Crippen LogP contribution in [0.5, 0.6) is 0 Å². The van der Waals surface area contributed by atoms with E-state index in [9.17, 15) is 13.2 Å². The fraction of sp³-hybridized carbons (Fsp3) is 0.391. The third kappa shape index (κ3) is 4.66. The largest absolute Gasteiger partial charge is 0.283 e. The van der Waals surface area contributed by atoms with E-state index in [2.05, 4.69) is 19.1 Å². The van der Waals surface area contributed by atoms with Crippen molar-refractivity contribution in [3.05, 3.63) is 59.2 Å². The molecule has 4 rings (SSSR count). The monoisotopic (exact) mass is 457 g/mol. The Kier molecular flexibility index (Phi) is 6.14. The van der Waals surface area contributed by atoms with Gasteiger partial charge in [-0.25, -0.2) is 17.7 Å². The lowest BCUT2D eigenvalue weighted by atomic mass is 9.96. The van der Waals surface area contributed by atoms with Crippen molar-refractivity contribution in [1.29, 1.82) is 0 Å². The van der Waals surface area contributed by atoms with Crippen LogP contribution in [0.25, 0.3) is 10.2 Å². The maximum Gasteiger partial charge on any atom is 0.232 e. The predicted octanol–water partition coefficient (Wildman–Crippen LogP) is 4.12. The molecule has 3 aromatic rings. The Bertz CT molecular complexity index is 1160. The molecule has 0 N–H and O–H groups in total. The van der Waals surface area contributed by atoms with E-state index in [-0.39, 0.29) is 11.8 Å². The summed E-state index contributed by atoms with van der Waals surface area (Å²) >= 11 is 1.55. The highest BCUT2D eigenvalue weighted by Gasteiger charge is 2.33. The highest BCUT2D eigenvalue weighted by Crippen LogP contribution is 2.35. The Morgan fingerprint density at radius 3 is 2.35 bits per heavy atom. The zero-order valence-electron chi connectivity index (χ0n) is 18.0. The number of thiazole rings is 1. The smallest absolute Gasteiger partial charge is 0.232 e. The number of benzene rings is 2. The lowest BCUT2D eigenvalue weighted by Crippen LogP contribution is -2.44. The van der Waals surface area contributed by atoms with Crippen molar-refractivity contribution in [2.75, 3.05) is 24.2 Å². The van der Waals surface area contributed by atoms with Gasteiger partial charge >= 0.3 is 0 Å². The van der Waals surface area contributed by atoms with Gasteiger partial charge < -0.3 is 0 Å². The molecule has 1 fully saturated rings. The molecule has 0 atom stereocenters. The fourth-order valence-electron chi connectivity index (χ4n) is 4.02. The molecule has 8 heteroatoms. The molecule has 164 valence electrons. The summed E-state index contributed by atoms with van der Waals surface area (Å²) in [7, 11) is -3.22. The van der Waals surface area contributed by atoms with Crippen LogP contribution in [0.1, 0.15) is 29.5 Å². The van der Waals surface area contributed by atoms with Gasteiger partial charge in [-0.2, -0.15) is 0 Å². The summed E-state index contributed by atoms with van der Waals surface area (Å²) in [5.74, 6) is -0.192. The molecule has 2 heterocycles. The highest BCUT2D eigenvalue weighted by atomic mass is 32.2. The molecule has 0 bridgehead atoms. The zero-order valence-corrected chi connectivity index (χ0v) is 19.7. The van der Waals surface area contributed by atoms with Gasteiger partial charge in [-0.05, 0) is 43.4 Å². The average Bonchev–Trinajstić information content (AvgIpc) is 3.21. The molecular weight excluding hydrogens is 430 g/mol. The van der Waals surface area contributed by atoms with Gasteiger partial charge in [-0.15, -0.1) is 0 Å². The quantitative estimate of drug-likeness (QED) is 0.578. The van der Waals surface area contributed by atoms with Gasteiger partial charge in [0.15, 0.2) is 5.13 Å². The van der Waals surface area contributed by atoms with Crippen LogP contribution < -0.4 is 4.90 Å². The van der Waals surface area contributed by atoms with Gasteiger partial charge in [-0.1, -0.05) is 53.8 Å². The van der Waals surface area contributed by atoms with Crippen molar-refractivity contribution in [1.82, 2.24) is 9.29 Å². The van der Waals surface area contributed by atoms with E-state index in [1.807, 2.05) is 37.3 Å². The van der Waals surface area contributed by atoms with E-state index in [0.717, 1.165) is 26.9 Å². The number of amides is 1. The van der Waals surface area contributed by atoms with Gasteiger partial charge in [-0.3, -0.25) is 9.69 Å². The SMILES string of the molecule is Cc1ccc(C)c2sc(N(Cc3ccccc3)C(=O)C3CCN(S(C)(=O)=O)CC3)nc12. The summed E-state index contributed by atoms with van der Waals surface area (Å²) in [6.07, 6.45) is 2.28. The van der Waals surface area contributed by atoms with Gasteiger partial charge in [0.2, 0.25) is 15.9 Å². The van der Waals surface area contributed by atoms with E-state index < -0.39 is 10.0 Å². The Balaban J connectivity index is 1.66. The predicted molar refractivity (Wildman–Crippen MR) is 126 cm³/mol. The molecule has 0 radical (unpaired) electrons. The molecule has 2 aromatic carbocycles. The topological polar surface area (TPSA) is 70.6 Å². The molecule has 0 aliphatic carbocycles. The number of aromatic nitrogens is 1. The third-order valence-electron chi connectivity index (χ3n) is 5.88. The number of carbonyl (C=O) groups excluding carboxylic acids is 1. The first kappa shape index (κ1) is 21.9. The van der Waals surface area contributed by atoms with Crippen LogP contribution in [0.3, 0.4) is 0 Å². The van der Waals surface area contributed by atoms with Crippen LogP contribution in [0.15, 0.2) is 42.5 Å². The van der Waals surface area contributed by atoms with Crippen LogP contribution in [0, 0.1) is 19.8 Å². The highest BCUT2D eigenvalue weighted by molar-refractivity contribution is 7.88. The van der Waals surface area contributed by atoms with Crippen molar-refractivity contribution >= 4 is 42.6 Å². The van der Waals surface area contributed by atoms with Crippen LogP contribution in [-0.2, 0) is 21.4 Å². The van der Waals surface area contributed by atoms with Crippen molar-refractivity contribution in [2.45, 2.75) is 33.2 Å². The minimum absolute atomic E-state index is 0.0198. The fourth-order valence-corrected chi connectivity index (χ4v) is 6.01. The number of hydrogen-bond acceptors (Lipinski definition) is 5. The van der Waals surface area contributed by atoms with Crippen LogP contribution in [0.4, 0.5) is 5.13 Å². The Hall–Kier alpha value is -2.29.